The van der Waals surface area contributed by atoms with Gasteiger partial charge in [0.15, 0.2) is 0 Å². The molecule has 0 radical (unpaired) electrons. The van der Waals surface area contributed by atoms with E-state index >= 15 is 0 Å². The lowest BCUT2D eigenvalue weighted by Crippen LogP contribution is -2.22. The van der Waals surface area contributed by atoms with Crippen molar-refractivity contribution in [2.24, 2.45) is 0 Å². The second-order valence-electron chi connectivity index (χ2n) is 10.6. The van der Waals surface area contributed by atoms with Crippen LogP contribution in [0.25, 0.3) is 22.4 Å². The zero-order chi connectivity index (χ0) is 30.4. The van der Waals surface area contributed by atoms with Gasteiger partial charge in [0.25, 0.3) is 5.91 Å². The van der Waals surface area contributed by atoms with E-state index in [1.165, 1.54) is 36.4 Å². The molecule has 0 aliphatic carbocycles. The first-order chi connectivity index (χ1) is 20.0. The summed E-state index contributed by atoms with van der Waals surface area (Å²) in [5.41, 5.74) is 4.14. The zero-order valence-electron chi connectivity index (χ0n) is 23.4. The number of nitrogens with zero attached hydrogens (tertiary/aromatic N) is 1. The number of aliphatic hydroxyl groups excluding tert-OH is 2. The second-order valence-corrected chi connectivity index (χ2v) is 10.6. The minimum absolute atomic E-state index is 0.125. The van der Waals surface area contributed by atoms with Crippen LogP contribution in [0.15, 0.2) is 78.9 Å². The summed E-state index contributed by atoms with van der Waals surface area (Å²) in [5.74, 6) is -2.60. The van der Waals surface area contributed by atoms with Crippen LogP contribution in [0.1, 0.15) is 55.1 Å². The van der Waals surface area contributed by atoms with Crippen LogP contribution < -0.4 is 5.32 Å². The Morgan fingerprint density at radius 2 is 1.43 bits per heavy atom. The fourth-order valence-corrected chi connectivity index (χ4v) is 5.21. The highest BCUT2D eigenvalue weighted by atomic mass is 19.1. The van der Waals surface area contributed by atoms with Gasteiger partial charge in [-0.3, -0.25) is 9.59 Å². The smallest absolute Gasteiger partial charge is 0.305 e. The van der Waals surface area contributed by atoms with Crippen LogP contribution in [-0.2, 0) is 11.3 Å². The Labute approximate surface area is 243 Å². The summed E-state index contributed by atoms with van der Waals surface area (Å²) < 4.78 is 29.5. The first kappa shape index (κ1) is 30.6. The maximum Gasteiger partial charge on any atom is 0.305 e. The normalized spacial score (nSPS) is 12.7. The summed E-state index contributed by atoms with van der Waals surface area (Å²) in [7, 11) is 0. The molecular formula is C33H34F2N2O5. The number of amides is 1. The van der Waals surface area contributed by atoms with Gasteiger partial charge >= 0.3 is 5.97 Å². The van der Waals surface area contributed by atoms with Crippen LogP contribution in [0.4, 0.5) is 14.5 Å². The Morgan fingerprint density at radius 3 is 2.00 bits per heavy atom. The third kappa shape index (κ3) is 7.29. The molecule has 4 N–H and O–H groups in total. The quantitative estimate of drug-likeness (QED) is 0.155. The SMILES string of the molecule is CC(C)c1c(C(=O)Nc2ccc(F)cc2)c(-c2ccccc2)c(-c2ccc(F)cc2)n1CC[C@@H](O)C[C@@H](O)CC(=O)O. The maximum atomic E-state index is 14.0. The molecule has 9 heteroatoms. The molecule has 4 aromatic rings. The number of hydrogen-bond acceptors (Lipinski definition) is 4. The predicted octanol–water partition coefficient (Wildman–Crippen LogP) is 6.45. The van der Waals surface area contributed by atoms with Crippen molar-refractivity contribution in [1.82, 2.24) is 4.57 Å². The molecule has 7 nitrogen and oxygen atoms in total. The fraction of sp³-hybridized carbons (Fsp3) is 0.273. The van der Waals surface area contributed by atoms with E-state index in [1.807, 2.05) is 48.7 Å². The molecule has 2 atom stereocenters. The van der Waals surface area contributed by atoms with Gasteiger partial charge in [-0.2, -0.15) is 0 Å². The maximum absolute atomic E-state index is 14.0. The summed E-state index contributed by atoms with van der Waals surface area (Å²) in [4.78, 5) is 25.0. The number of carbonyl (C=O) groups is 2. The molecule has 220 valence electrons. The molecular weight excluding hydrogens is 542 g/mol. The number of aliphatic carboxylic acids is 1. The van der Waals surface area contributed by atoms with Gasteiger partial charge in [-0.05, 0) is 78.4 Å². The average molecular weight is 577 g/mol. The number of nitrogens with one attached hydrogen (secondary N) is 1. The third-order valence-electron chi connectivity index (χ3n) is 7.00. The van der Waals surface area contributed by atoms with E-state index in [9.17, 15) is 28.6 Å². The first-order valence-corrected chi connectivity index (χ1v) is 13.8. The molecule has 3 aromatic carbocycles. The van der Waals surface area contributed by atoms with Gasteiger partial charge in [-0.1, -0.05) is 44.2 Å². The standard InChI is InChI=1S/C33H34F2N2O5/c1-20(2)31-30(33(42)36-25-14-12-24(35)13-15-25)29(21-6-4-3-5-7-21)32(22-8-10-23(34)11-9-22)37(31)17-16-26(38)18-27(39)19-28(40)41/h3-15,20,26-27,38-39H,16-19H2,1-2H3,(H,36,42)(H,40,41)/t26-,27-/m1/s1. The number of benzene rings is 3. The number of carboxylic acids is 1. The number of carbonyl (C=O) groups excluding carboxylic acids is 1. The van der Waals surface area contributed by atoms with Gasteiger partial charge < -0.3 is 25.2 Å². The molecule has 1 heterocycles. The number of rotatable bonds is 12. The Hall–Kier alpha value is -4.34. The molecule has 4 rings (SSSR count). The average Bonchev–Trinajstić information content (AvgIpc) is 3.29. The molecule has 0 spiro atoms. The van der Waals surface area contributed by atoms with Gasteiger partial charge in [-0.25, -0.2) is 8.78 Å². The monoisotopic (exact) mass is 576 g/mol. The second kappa shape index (κ2) is 13.5. The van der Waals surface area contributed by atoms with Crippen molar-refractivity contribution in [3.63, 3.8) is 0 Å². The van der Waals surface area contributed by atoms with Crippen LogP contribution in [0.5, 0.6) is 0 Å². The van der Waals surface area contributed by atoms with Crippen LogP contribution >= 0.6 is 0 Å². The predicted molar refractivity (Wildman–Crippen MR) is 157 cm³/mol. The fourth-order valence-electron chi connectivity index (χ4n) is 5.21. The zero-order valence-corrected chi connectivity index (χ0v) is 23.4. The lowest BCUT2D eigenvalue weighted by molar-refractivity contribution is -0.139. The van der Waals surface area contributed by atoms with Crippen molar-refractivity contribution in [3.05, 3.63) is 102 Å². The van der Waals surface area contributed by atoms with Gasteiger partial charge in [0.05, 0.1) is 29.9 Å². The van der Waals surface area contributed by atoms with Crippen molar-refractivity contribution in [3.8, 4) is 22.4 Å². The van der Waals surface area contributed by atoms with Crippen molar-refractivity contribution < 1.29 is 33.7 Å². The first-order valence-electron chi connectivity index (χ1n) is 13.8. The minimum atomic E-state index is -1.21. The molecule has 0 fully saturated rings. The number of anilines is 1. The van der Waals surface area contributed by atoms with Crippen molar-refractivity contribution in [2.45, 2.75) is 57.8 Å². The van der Waals surface area contributed by atoms with Crippen LogP contribution in [0.3, 0.4) is 0 Å². The largest absolute Gasteiger partial charge is 0.481 e. The number of carboxylic acid groups (broad SMARTS) is 1. The topological polar surface area (TPSA) is 112 Å². The van der Waals surface area contributed by atoms with E-state index in [4.69, 9.17) is 5.11 Å². The third-order valence-corrected chi connectivity index (χ3v) is 7.00. The summed E-state index contributed by atoms with van der Waals surface area (Å²) in [5, 5.41) is 32.6. The highest BCUT2D eigenvalue weighted by molar-refractivity contribution is 6.12. The molecule has 0 saturated carbocycles. The molecule has 0 saturated heterocycles. The van der Waals surface area contributed by atoms with E-state index in [0.717, 1.165) is 5.56 Å². The number of aromatic nitrogens is 1. The van der Waals surface area contributed by atoms with Crippen LogP contribution in [0.2, 0.25) is 0 Å². The highest BCUT2D eigenvalue weighted by Gasteiger charge is 2.31. The molecule has 1 amide bonds. The van der Waals surface area contributed by atoms with Crippen LogP contribution in [0, 0.1) is 11.6 Å². The van der Waals surface area contributed by atoms with Gasteiger partial charge in [-0.15, -0.1) is 0 Å². The lowest BCUT2D eigenvalue weighted by Gasteiger charge is -2.20. The van der Waals surface area contributed by atoms with E-state index < -0.39 is 42.1 Å². The van der Waals surface area contributed by atoms with Crippen LogP contribution in [-0.4, -0.2) is 44.0 Å². The highest BCUT2D eigenvalue weighted by Crippen LogP contribution is 2.42. The van der Waals surface area contributed by atoms with Crippen molar-refractivity contribution in [1.29, 1.82) is 0 Å². The molecule has 0 bridgehead atoms. The Balaban J connectivity index is 1.89. The summed E-state index contributed by atoms with van der Waals surface area (Å²) in [6, 6.07) is 20.7. The number of hydrogen-bond donors (Lipinski definition) is 4. The number of aliphatic hydroxyl groups is 2. The molecule has 0 aliphatic heterocycles. The lowest BCUT2D eigenvalue weighted by atomic mass is 9.94. The number of halogens is 2. The van der Waals surface area contributed by atoms with E-state index in [2.05, 4.69) is 5.32 Å². The van der Waals surface area contributed by atoms with E-state index in [1.54, 1.807) is 12.1 Å². The van der Waals surface area contributed by atoms with Crippen molar-refractivity contribution in [2.75, 3.05) is 5.32 Å². The summed E-state index contributed by atoms with van der Waals surface area (Å²) >= 11 is 0. The molecule has 0 aliphatic rings. The van der Waals surface area contributed by atoms with Gasteiger partial charge in [0.1, 0.15) is 11.6 Å². The minimum Gasteiger partial charge on any atom is -0.481 e. The van der Waals surface area contributed by atoms with E-state index in [-0.39, 0.29) is 25.3 Å². The van der Waals surface area contributed by atoms with Gasteiger partial charge in [0, 0.05) is 23.5 Å². The van der Waals surface area contributed by atoms with Crippen molar-refractivity contribution >= 4 is 17.6 Å². The Kier molecular flexibility index (Phi) is 9.88. The van der Waals surface area contributed by atoms with E-state index in [0.29, 0.717) is 33.8 Å². The summed E-state index contributed by atoms with van der Waals surface area (Å²) in [6.45, 7) is 4.11. The molecule has 1 aromatic heterocycles. The Morgan fingerprint density at radius 1 is 0.833 bits per heavy atom. The van der Waals surface area contributed by atoms with Gasteiger partial charge in [0.2, 0.25) is 0 Å². The Bertz CT molecular complexity index is 1520. The molecule has 0 unspecified atom stereocenters. The molecule has 42 heavy (non-hydrogen) atoms. The summed E-state index contributed by atoms with van der Waals surface area (Å²) in [6.07, 6.45) is -2.67.